The molecule has 1 aliphatic rings. The van der Waals surface area contributed by atoms with Gasteiger partial charge in [-0.15, -0.1) is 0 Å². The van der Waals surface area contributed by atoms with E-state index < -0.39 is 0 Å². The van der Waals surface area contributed by atoms with Gasteiger partial charge in [-0.1, -0.05) is 55.0 Å². The Balaban J connectivity index is 0.00000225. The van der Waals surface area contributed by atoms with Crippen molar-refractivity contribution < 1.29 is 9.53 Å². The minimum atomic E-state index is -0.343. The number of alkyl carbamates (subject to hydrolysis) is 1. The van der Waals surface area contributed by atoms with Crippen LogP contribution in [0, 0.1) is 0 Å². The van der Waals surface area contributed by atoms with Crippen LogP contribution < -0.4 is 17.2 Å². The van der Waals surface area contributed by atoms with Gasteiger partial charge in [-0.3, -0.25) is 0 Å². The molecule has 0 aromatic heterocycles. The van der Waals surface area contributed by atoms with Gasteiger partial charge in [0.2, 0.25) is 0 Å². The number of hydrogen-bond acceptors (Lipinski definition) is 4. The first-order chi connectivity index (χ1) is 11.8. The molecule has 0 heterocycles. The highest BCUT2D eigenvalue weighted by atomic mass is 16.5. The second-order valence-corrected chi connectivity index (χ2v) is 6.10. The van der Waals surface area contributed by atoms with E-state index in [1.807, 2.05) is 24.3 Å². The number of rotatable bonds is 7. The van der Waals surface area contributed by atoms with Gasteiger partial charge in [0.05, 0.1) is 0 Å². The zero-order valence-corrected chi connectivity index (χ0v) is 14.5. The summed E-state index contributed by atoms with van der Waals surface area (Å²) < 4.78 is 5.47. The maximum atomic E-state index is 11.9. The van der Waals surface area contributed by atoms with Gasteiger partial charge < -0.3 is 21.9 Å². The van der Waals surface area contributed by atoms with Crippen LogP contribution in [0.15, 0.2) is 48.5 Å². The molecule has 0 saturated carbocycles. The summed E-state index contributed by atoms with van der Waals surface area (Å²) in [5.41, 5.74) is 10.4. The van der Waals surface area contributed by atoms with Gasteiger partial charge >= 0.3 is 6.09 Å². The van der Waals surface area contributed by atoms with E-state index in [2.05, 4.69) is 29.6 Å². The molecule has 0 unspecified atom stereocenters. The maximum Gasteiger partial charge on any atom is 0.407 e. The van der Waals surface area contributed by atoms with Crippen molar-refractivity contribution in [2.75, 3.05) is 19.7 Å². The smallest absolute Gasteiger partial charge is 0.407 e. The first-order valence-corrected chi connectivity index (χ1v) is 8.60. The molecule has 2 aromatic rings. The third-order valence-corrected chi connectivity index (χ3v) is 4.49. The van der Waals surface area contributed by atoms with Crippen LogP contribution in [0.1, 0.15) is 36.3 Å². The predicted octanol–water partition coefficient (Wildman–Crippen LogP) is 3.82. The van der Waals surface area contributed by atoms with Crippen molar-refractivity contribution in [1.82, 2.24) is 11.5 Å². The monoisotopic (exact) mass is 341 g/mol. The standard InChI is InChI=1S/C20H24N2O2.H3N/c21-12-6-1-7-13-22-20(23)24-14-19-17-10-4-2-8-15(17)16-9-3-5-11-18(16)19;/h2-5,8-11,19H,1,6-7,12-14,21H2,(H,22,23);1H3. The van der Waals surface area contributed by atoms with E-state index in [1.165, 1.54) is 22.3 Å². The lowest BCUT2D eigenvalue weighted by molar-refractivity contribution is 0.143. The summed E-state index contributed by atoms with van der Waals surface area (Å²) >= 11 is 0. The minimum absolute atomic E-state index is 0. The highest BCUT2D eigenvalue weighted by Crippen LogP contribution is 2.44. The van der Waals surface area contributed by atoms with Gasteiger partial charge in [0, 0.05) is 12.5 Å². The van der Waals surface area contributed by atoms with E-state index in [0.717, 1.165) is 19.3 Å². The van der Waals surface area contributed by atoms with Gasteiger partial charge in [-0.2, -0.15) is 0 Å². The lowest BCUT2D eigenvalue weighted by Crippen LogP contribution is -2.27. The number of nitrogens with two attached hydrogens (primary N) is 1. The minimum Gasteiger partial charge on any atom is -0.449 e. The molecule has 0 aliphatic heterocycles. The quantitative estimate of drug-likeness (QED) is 0.667. The molecule has 2 aromatic carbocycles. The molecule has 6 N–H and O–H groups in total. The third kappa shape index (κ3) is 4.38. The molecular weight excluding hydrogens is 314 g/mol. The number of unbranched alkanes of at least 4 members (excludes halogenated alkanes) is 2. The number of hydrogen-bond donors (Lipinski definition) is 3. The summed E-state index contributed by atoms with van der Waals surface area (Å²) in [5.74, 6) is 0.111. The third-order valence-electron chi connectivity index (χ3n) is 4.49. The number of carbonyl (C=O) groups excluding carboxylic acids is 1. The lowest BCUT2D eigenvalue weighted by Gasteiger charge is -2.14. The molecule has 5 nitrogen and oxygen atoms in total. The van der Waals surface area contributed by atoms with Crippen LogP contribution in [0.2, 0.25) is 0 Å². The Kier molecular flexibility index (Phi) is 6.98. The Morgan fingerprint density at radius 3 is 2.16 bits per heavy atom. The maximum absolute atomic E-state index is 11.9. The SMILES string of the molecule is N.NCCCCCNC(=O)OCC1c2ccccc2-c2ccccc21. The fourth-order valence-corrected chi connectivity index (χ4v) is 3.29. The molecular formula is C20H27N3O2. The van der Waals surface area contributed by atoms with Crippen molar-refractivity contribution in [3.05, 3.63) is 59.7 Å². The summed E-state index contributed by atoms with van der Waals surface area (Å²) in [6.45, 7) is 1.70. The number of amides is 1. The second kappa shape index (κ2) is 9.20. The fraction of sp³-hybridized carbons (Fsp3) is 0.350. The summed E-state index contributed by atoms with van der Waals surface area (Å²) in [4.78, 5) is 11.9. The molecule has 134 valence electrons. The largest absolute Gasteiger partial charge is 0.449 e. The van der Waals surface area contributed by atoms with Crippen molar-refractivity contribution >= 4 is 6.09 Å². The summed E-state index contributed by atoms with van der Waals surface area (Å²) in [7, 11) is 0. The van der Waals surface area contributed by atoms with Crippen molar-refractivity contribution in [1.29, 1.82) is 0 Å². The summed E-state index contributed by atoms with van der Waals surface area (Å²) in [6, 6.07) is 16.7. The van der Waals surface area contributed by atoms with Crippen LogP contribution in [-0.4, -0.2) is 25.8 Å². The normalized spacial score (nSPS) is 12.0. The van der Waals surface area contributed by atoms with Crippen molar-refractivity contribution in [2.45, 2.75) is 25.2 Å². The van der Waals surface area contributed by atoms with Gasteiger partial charge in [0.15, 0.2) is 0 Å². The van der Waals surface area contributed by atoms with Crippen molar-refractivity contribution in [3.8, 4) is 11.1 Å². The van der Waals surface area contributed by atoms with Crippen LogP contribution in [0.4, 0.5) is 4.79 Å². The predicted molar refractivity (Wildman–Crippen MR) is 101 cm³/mol. The van der Waals surface area contributed by atoms with Crippen LogP contribution in [-0.2, 0) is 4.74 Å². The van der Waals surface area contributed by atoms with Gasteiger partial charge in [0.25, 0.3) is 0 Å². The Morgan fingerprint density at radius 1 is 0.960 bits per heavy atom. The topological polar surface area (TPSA) is 99.4 Å². The lowest BCUT2D eigenvalue weighted by atomic mass is 9.98. The van der Waals surface area contributed by atoms with Gasteiger partial charge in [0.1, 0.15) is 6.61 Å². The number of fused-ring (bicyclic) bond motifs is 3. The molecule has 0 spiro atoms. The number of nitrogens with one attached hydrogen (secondary N) is 1. The molecule has 3 rings (SSSR count). The van der Waals surface area contributed by atoms with Crippen LogP contribution >= 0.6 is 0 Å². The van der Waals surface area contributed by atoms with Crippen LogP contribution in [0.25, 0.3) is 11.1 Å². The fourth-order valence-electron chi connectivity index (χ4n) is 3.29. The Labute approximate surface area is 149 Å². The Morgan fingerprint density at radius 2 is 1.56 bits per heavy atom. The van der Waals surface area contributed by atoms with E-state index in [1.54, 1.807) is 0 Å². The van der Waals surface area contributed by atoms with Gasteiger partial charge in [-0.25, -0.2) is 4.79 Å². The first-order valence-electron chi connectivity index (χ1n) is 8.60. The van der Waals surface area contributed by atoms with Crippen LogP contribution in [0.3, 0.4) is 0 Å². The Bertz CT molecular complexity index is 657. The van der Waals surface area contributed by atoms with Crippen molar-refractivity contribution in [2.24, 2.45) is 5.73 Å². The number of benzene rings is 2. The highest BCUT2D eigenvalue weighted by Gasteiger charge is 2.28. The van der Waals surface area contributed by atoms with Crippen molar-refractivity contribution in [3.63, 3.8) is 0 Å². The van der Waals surface area contributed by atoms with E-state index in [0.29, 0.717) is 19.7 Å². The first kappa shape index (κ1) is 19.0. The summed E-state index contributed by atoms with van der Waals surface area (Å²) in [6.07, 6.45) is 2.61. The zero-order valence-electron chi connectivity index (χ0n) is 14.5. The molecule has 0 atom stereocenters. The number of ether oxygens (including phenoxy) is 1. The molecule has 5 heteroatoms. The van der Waals surface area contributed by atoms with E-state index >= 15 is 0 Å². The average molecular weight is 341 g/mol. The summed E-state index contributed by atoms with van der Waals surface area (Å²) in [5, 5.41) is 2.81. The molecule has 0 fully saturated rings. The molecule has 0 radical (unpaired) electrons. The molecule has 0 bridgehead atoms. The highest BCUT2D eigenvalue weighted by molar-refractivity contribution is 5.79. The van der Waals surface area contributed by atoms with E-state index in [-0.39, 0.29) is 18.2 Å². The van der Waals surface area contributed by atoms with E-state index in [9.17, 15) is 4.79 Å². The van der Waals surface area contributed by atoms with Gasteiger partial charge in [-0.05, 0) is 41.6 Å². The molecule has 1 aliphatic carbocycles. The molecule has 0 saturated heterocycles. The van der Waals surface area contributed by atoms with Crippen LogP contribution in [0.5, 0.6) is 0 Å². The molecule has 25 heavy (non-hydrogen) atoms. The van der Waals surface area contributed by atoms with E-state index in [4.69, 9.17) is 10.5 Å². The average Bonchev–Trinajstić information content (AvgIpc) is 2.94. The molecule has 1 amide bonds. The number of carbonyl (C=O) groups is 1. The second-order valence-electron chi connectivity index (χ2n) is 6.10. The zero-order chi connectivity index (χ0) is 16.8. The Hall–Kier alpha value is -2.37.